The van der Waals surface area contributed by atoms with Crippen molar-refractivity contribution in [3.63, 3.8) is 0 Å². The van der Waals surface area contributed by atoms with E-state index in [0.717, 1.165) is 0 Å². The first-order valence-corrected chi connectivity index (χ1v) is 16.0. The normalized spacial score (nSPS) is 31.5. The summed E-state index contributed by atoms with van der Waals surface area (Å²) >= 11 is 0. The lowest BCUT2D eigenvalue weighted by atomic mass is 9.87. The largest absolute Gasteiger partial charge is 0.465 e. The Balaban J connectivity index is 1.71. The molecule has 0 aliphatic carbocycles. The van der Waals surface area contributed by atoms with Gasteiger partial charge in [0.1, 0.15) is 19.8 Å². The van der Waals surface area contributed by atoms with Gasteiger partial charge in [-0.2, -0.15) is 0 Å². The van der Waals surface area contributed by atoms with Gasteiger partial charge in [-0.25, -0.2) is 0 Å². The van der Waals surface area contributed by atoms with Gasteiger partial charge in [-0.05, 0) is 123 Å². The number of carbonyl (C=O) groups is 3. The summed E-state index contributed by atoms with van der Waals surface area (Å²) in [6, 6.07) is 0. The van der Waals surface area contributed by atoms with Crippen molar-refractivity contribution in [1.82, 2.24) is 14.7 Å². The van der Waals surface area contributed by atoms with Crippen LogP contribution in [0.15, 0.2) is 0 Å². The third-order valence-corrected chi connectivity index (χ3v) is 12.2. The van der Waals surface area contributed by atoms with Gasteiger partial charge in [0, 0.05) is 33.2 Å². The van der Waals surface area contributed by atoms with Crippen molar-refractivity contribution in [2.75, 3.05) is 41.0 Å². The Kier molecular flexibility index (Phi) is 9.63. The summed E-state index contributed by atoms with van der Waals surface area (Å²) in [5.74, 6) is -2.19. The lowest BCUT2D eigenvalue weighted by Crippen LogP contribution is -2.48. The van der Waals surface area contributed by atoms with E-state index in [1.54, 1.807) is 0 Å². The minimum absolute atomic E-state index is 0.00896. The topological polar surface area (TPSA) is 88.6 Å². The molecule has 0 bridgehead atoms. The van der Waals surface area contributed by atoms with Crippen molar-refractivity contribution in [2.24, 2.45) is 23.7 Å². The predicted molar refractivity (Wildman–Crippen MR) is 168 cm³/mol. The zero-order valence-corrected chi connectivity index (χ0v) is 29.8. The highest BCUT2D eigenvalue weighted by Gasteiger charge is 2.55. The van der Waals surface area contributed by atoms with Crippen LogP contribution in [0.2, 0.25) is 0 Å². The van der Waals surface area contributed by atoms with Crippen LogP contribution < -0.4 is 0 Å². The third-order valence-electron chi connectivity index (χ3n) is 12.2. The summed E-state index contributed by atoms with van der Waals surface area (Å²) in [7, 11) is 6.13. The fraction of sp³-hybridized carbons (Fsp3) is 0.912. The highest BCUT2D eigenvalue weighted by molar-refractivity contribution is 5.76. The number of rotatable bonds is 9. The second kappa shape index (κ2) is 11.6. The number of likely N-dealkylation sites (tertiary alicyclic amines) is 3. The first kappa shape index (κ1) is 35.8. The third kappa shape index (κ3) is 6.64. The minimum Gasteiger partial charge on any atom is -0.465 e. The molecule has 3 rings (SSSR count). The molecule has 0 amide bonds. The van der Waals surface area contributed by atoms with Gasteiger partial charge in [0.2, 0.25) is 0 Å². The van der Waals surface area contributed by atoms with E-state index in [0.29, 0.717) is 19.3 Å². The molecular weight excluding hydrogens is 546 g/mol. The maximum Gasteiger partial charge on any atom is 0.310 e. The van der Waals surface area contributed by atoms with Crippen LogP contribution in [0.25, 0.3) is 0 Å². The van der Waals surface area contributed by atoms with E-state index in [4.69, 9.17) is 14.2 Å². The molecule has 3 unspecified atom stereocenters. The zero-order chi connectivity index (χ0) is 33.1. The smallest absolute Gasteiger partial charge is 0.310 e. The standard InChI is InChI=1S/C34H61N3O6/c1-29(2)16-23(32(7,8)35(29)13)26(38)41-19-22(20-42-27(39)24-17-30(3,4)36(14)33(24,9)10)21-43-28(40)25-18-31(5,6)37(15)34(25,11)12/h22-25H,16-21H2,1-15H3. The van der Waals surface area contributed by atoms with E-state index in [9.17, 15) is 14.4 Å². The summed E-state index contributed by atoms with van der Waals surface area (Å²) in [5.41, 5.74) is -1.51. The molecular formula is C34H61N3O6. The second-order valence-corrected chi connectivity index (χ2v) is 17.1. The molecule has 248 valence electrons. The number of hydrogen-bond acceptors (Lipinski definition) is 9. The molecule has 0 aromatic carbocycles. The van der Waals surface area contributed by atoms with Crippen molar-refractivity contribution in [3.05, 3.63) is 0 Å². The van der Waals surface area contributed by atoms with Gasteiger partial charge in [0.15, 0.2) is 0 Å². The molecule has 3 aliphatic heterocycles. The molecule has 3 saturated heterocycles. The van der Waals surface area contributed by atoms with Crippen molar-refractivity contribution in [1.29, 1.82) is 0 Å². The minimum atomic E-state index is -0.474. The van der Waals surface area contributed by atoms with Crippen LogP contribution in [0.1, 0.15) is 102 Å². The molecule has 3 heterocycles. The average molecular weight is 608 g/mol. The highest BCUT2D eigenvalue weighted by Crippen LogP contribution is 2.46. The van der Waals surface area contributed by atoms with E-state index in [1.807, 2.05) is 21.1 Å². The average Bonchev–Trinajstić information content (AvgIpc) is 3.25. The van der Waals surface area contributed by atoms with Crippen LogP contribution in [-0.2, 0) is 28.6 Å². The summed E-state index contributed by atoms with van der Waals surface area (Å²) < 4.78 is 17.7. The molecule has 0 spiro atoms. The summed E-state index contributed by atoms with van der Waals surface area (Å²) in [6.07, 6.45) is 2.05. The van der Waals surface area contributed by atoms with E-state index >= 15 is 0 Å². The fourth-order valence-corrected chi connectivity index (χ4v) is 7.86. The Labute approximate surface area is 261 Å². The molecule has 3 aliphatic rings. The molecule has 0 aromatic rings. The van der Waals surface area contributed by atoms with Crippen LogP contribution in [-0.4, -0.2) is 107 Å². The van der Waals surface area contributed by atoms with Crippen LogP contribution in [0.5, 0.6) is 0 Å². The monoisotopic (exact) mass is 607 g/mol. The quantitative estimate of drug-likeness (QED) is 0.272. The van der Waals surface area contributed by atoms with Crippen LogP contribution in [0, 0.1) is 23.7 Å². The van der Waals surface area contributed by atoms with Gasteiger partial charge < -0.3 is 14.2 Å². The maximum atomic E-state index is 13.4. The summed E-state index contributed by atoms with van der Waals surface area (Å²) in [5, 5.41) is 0. The molecule has 3 fully saturated rings. The Morgan fingerprint density at radius 2 is 0.721 bits per heavy atom. The molecule has 9 nitrogen and oxygen atoms in total. The Hall–Kier alpha value is -1.71. The van der Waals surface area contributed by atoms with Gasteiger partial charge >= 0.3 is 17.9 Å². The number of carbonyl (C=O) groups excluding carboxylic acids is 3. The number of nitrogens with zero attached hydrogens (tertiary/aromatic N) is 3. The summed E-state index contributed by atoms with van der Waals surface area (Å²) in [4.78, 5) is 46.9. The fourth-order valence-electron chi connectivity index (χ4n) is 7.86. The molecule has 0 aromatic heterocycles. The maximum absolute atomic E-state index is 13.4. The predicted octanol–water partition coefficient (Wildman–Crippen LogP) is 4.76. The Morgan fingerprint density at radius 1 is 0.512 bits per heavy atom. The SMILES string of the molecule is CN1C(C)(C)CC(C(=O)OCC(COC(=O)C2CC(C)(C)N(C)C2(C)C)COC(=O)C2CC(C)(C)N(C)C2(C)C)C1(C)C. The van der Waals surface area contributed by atoms with Crippen LogP contribution >= 0.6 is 0 Å². The van der Waals surface area contributed by atoms with E-state index in [1.165, 1.54) is 0 Å². The van der Waals surface area contributed by atoms with Crippen molar-refractivity contribution < 1.29 is 28.6 Å². The van der Waals surface area contributed by atoms with E-state index in [-0.39, 0.29) is 88.7 Å². The second-order valence-electron chi connectivity index (χ2n) is 17.1. The van der Waals surface area contributed by atoms with Gasteiger partial charge in [0.05, 0.1) is 23.7 Å². The lowest BCUT2D eigenvalue weighted by Gasteiger charge is -2.38. The molecule has 0 N–H and O–H groups in total. The first-order chi connectivity index (χ1) is 19.3. The van der Waals surface area contributed by atoms with Crippen LogP contribution in [0.3, 0.4) is 0 Å². The van der Waals surface area contributed by atoms with Crippen LogP contribution in [0.4, 0.5) is 0 Å². The van der Waals surface area contributed by atoms with E-state index < -0.39 is 5.92 Å². The molecule has 0 radical (unpaired) electrons. The number of ether oxygens (including phenoxy) is 3. The van der Waals surface area contributed by atoms with Crippen molar-refractivity contribution in [3.8, 4) is 0 Å². The number of esters is 3. The van der Waals surface area contributed by atoms with Gasteiger partial charge in [-0.3, -0.25) is 29.1 Å². The lowest BCUT2D eigenvalue weighted by molar-refractivity contribution is -0.161. The Morgan fingerprint density at radius 3 is 0.884 bits per heavy atom. The zero-order valence-electron chi connectivity index (χ0n) is 29.8. The molecule has 0 saturated carbocycles. The molecule has 3 atom stereocenters. The van der Waals surface area contributed by atoms with Gasteiger partial charge in [-0.1, -0.05) is 0 Å². The molecule has 9 heteroatoms. The van der Waals surface area contributed by atoms with Crippen molar-refractivity contribution >= 4 is 17.9 Å². The Bertz CT molecular complexity index is 945. The molecule has 43 heavy (non-hydrogen) atoms. The van der Waals surface area contributed by atoms with Crippen molar-refractivity contribution in [2.45, 2.75) is 136 Å². The summed E-state index contributed by atoms with van der Waals surface area (Å²) in [6.45, 7) is 25.2. The van der Waals surface area contributed by atoms with Gasteiger partial charge in [0.25, 0.3) is 0 Å². The number of hydrogen-bond donors (Lipinski definition) is 0. The van der Waals surface area contributed by atoms with Gasteiger partial charge in [-0.15, -0.1) is 0 Å². The van der Waals surface area contributed by atoms with E-state index in [2.05, 4.69) is 97.8 Å². The highest BCUT2D eigenvalue weighted by atomic mass is 16.6. The first-order valence-electron chi connectivity index (χ1n) is 16.0.